The molecule has 2 heterocycles. The highest BCUT2D eigenvalue weighted by Crippen LogP contribution is 2.27. The molecule has 1 saturated carbocycles. The Bertz CT molecular complexity index is 453. The Kier molecular flexibility index (Phi) is 3.35. The van der Waals surface area contributed by atoms with E-state index in [4.69, 9.17) is 0 Å². The first kappa shape index (κ1) is 12.1. The van der Waals surface area contributed by atoms with E-state index in [2.05, 4.69) is 25.8 Å². The third kappa shape index (κ3) is 2.57. The first-order chi connectivity index (χ1) is 8.74. The summed E-state index contributed by atoms with van der Waals surface area (Å²) in [6.07, 6.45) is 2.67. The van der Waals surface area contributed by atoms with Crippen molar-refractivity contribution < 1.29 is 4.79 Å². The van der Waals surface area contributed by atoms with Crippen molar-refractivity contribution in [1.29, 1.82) is 0 Å². The van der Waals surface area contributed by atoms with Gasteiger partial charge in [0.25, 0.3) is 5.91 Å². The number of rotatable bonds is 2. The molecule has 0 N–H and O–H groups in total. The van der Waals surface area contributed by atoms with Gasteiger partial charge in [0.1, 0.15) is 10.3 Å². The Balaban J connectivity index is 1.63. The molecule has 1 aromatic rings. The van der Waals surface area contributed by atoms with Crippen LogP contribution in [0.3, 0.4) is 0 Å². The molecule has 1 amide bonds. The first-order valence-electron chi connectivity index (χ1n) is 6.40. The van der Waals surface area contributed by atoms with E-state index >= 15 is 0 Å². The molecule has 1 aliphatic heterocycles. The van der Waals surface area contributed by atoms with Gasteiger partial charge in [-0.1, -0.05) is 6.07 Å². The number of carbonyl (C=O) groups is 1. The van der Waals surface area contributed by atoms with Crippen molar-refractivity contribution in [2.24, 2.45) is 0 Å². The van der Waals surface area contributed by atoms with E-state index in [9.17, 15) is 4.79 Å². The van der Waals surface area contributed by atoms with Gasteiger partial charge in [-0.3, -0.25) is 9.69 Å². The zero-order chi connectivity index (χ0) is 12.5. The molecule has 2 aliphatic rings. The third-order valence-electron chi connectivity index (χ3n) is 3.60. The van der Waals surface area contributed by atoms with Crippen LogP contribution in [0.2, 0.25) is 0 Å². The molecule has 5 heteroatoms. The molecule has 1 aliphatic carbocycles. The normalized spacial score (nSPS) is 21.1. The molecule has 96 valence electrons. The second kappa shape index (κ2) is 4.97. The average molecular weight is 310 g/mol. The van der Waals surface area contributed by atoms with Crippen LogP contribution in [0.4, 0.5) is 0 Å². The average Bonchev–Trinajstić information content (AvgIpc) is 3.22. The van der Waals surface area contributed by atoms with Crippen molar-refractivity contribution in [3.05, 3.63) is 28.5 Å². The SMILES string of the molecule is O=C(c1cccc(Br)n1)N1CCN(C2CC2)CC1. The molecule has 0 radical (unpaired) electrons. The summed E-state index contributed by atoms with van der Waals surface area (Å²) in [5.74, 6) is 0.0479. The number of carbonyl (C=O) groups excluding carboxylic acids is 1. The van der Waals surface area contributed by atoms with Gasteiger partial charge in [0, 0.05) is 32.2 Å². The van der Waals surface area contributed by atoms with Crippen LogP contribution in [0.15, 0.2) is 22.8 Å². The highest BCUT2D eigenvalue weighted by atomic mass is 79.9. The van der Waals surface area contributed by atoms with Crippen molar-refractivity contribution in [3.8, 4) is 0 Å². The Hall–Kier alpha value is -0.940. The molecule has 0 aromatic carbocycles. The van der Waals surface area contributed by atoms with E-state index in [1.54, 1.807) is 6.07 Å². The summed E-state index contributed by atoms with van der Waals surface area (Å²) >= 11 is 3.30. The summed E-state index contributed by atoms with van der Waals surface area (Å²) in [4.78, 5) is 20.9. The highest BCUT2D eigenvalue weighted by molar-refractivity contribution is 9.10. The van der Waals surface area contributed by atoms with Crippen LogP contribution in [-0.4, -0.2) is 52.9 Å². The molecular formula is C13H16BrN3O. The van der Waals surface area contributed by atoms with E-state index in [1.807, 2.05) is 17.0 Å². The van der Waals surface area contributed by atoms with Gasteiger partial charge in [0.15, 0.2) is 0 Å². The van der Waals surface area contributed by atoms with Gasteiger partial charge in [-0.05, 0) is 40.9 Å². The monoisotopic (exact) mass is 309 g/mol. The molecule has 3 rings (SSSR count). The minimum Gasteiger partial charge on any atom is -0.335 e. The molecular weight excluding hydrogens is 294 g/mol. The standard InChI is InChI=1S/C13H16BrN3O/c14-12-3-1-2-11(15-12)13(18)17-8-6-16(7-9-17)10-4-5-10/h1-3,10H,4-9H2. The highest BCUT2D eigenvalue weighted by Gasteiger charge is 2.32. The maximum atomic E-state index is 12.3. The predicted molar refractivity (Wildman–Crippen MR) is 72.4 cm³/mol. The minimum absolute atomic E-state index is 0.0479. The van der Waals surface area contributed by atoms with E-state index in [0.717, 1.165) is 32.2 Å². The van der Waals surface area contributed by atoms with Gasteiger partial charge < -0.3 is 4.90 Å². The molecule has 18 heavy (non-hydrogen) atoms. The van der Waals surface area contributed by atoms with Gasteiger partial charge in [0.05, 0.1) is 0 Å². The van der Waals surface area contributed by atoms with Crippen LogP contribution in [0.1, 0.15) is 23.3 Å². The van der Waals surface area contributed by atoms with E-state index in [1.165, 1.54) is 12.8 Å². The van der Waals surface area contributed by atoms with Gasteiger partial charge in [-0.2, -0.15) is 0 Å². The number of nitrogens with zero attached hydrogens (tertiary/aromatic N) is 3. The molecule has 0 spiro atoms. The number of hydrogen-bond donors (Lipinski definition) is 0. The van der Waals surface area contributed by atoms with Gasteiger partial charge in [-0.25, -0.2) is 4.98 Å². The van der Waals surface area contributed by atoms with Gasteiger partial charge >= 0.3 is 0 Å². The number of halogens is 1. The molecule has 0 bridgehead atoms. The van der Waals surface area contributed by atoms with Crippen molar-refractivity contribution in [2.75, 3.05) is 26.2 Å². The minimum atomic E-state index is 0.0479. The largest absolute Gasteiger partial charge is 0.335 e. The third-order valence-corrected chi connectivity index (χ3v) is 4.04. The van der Waals surface area contributed by atoms with Crippen molar-refractivity contribution >= 4 is 21.8 Å². The molecule has 0 unspecified atom stereocenters. The topological polar surface area (TPSA) is 36.4 Å². The second-order valence-electron chi connectivity index (χ2n) is 4.90. The fourth-order valence-corrected chi connectivity index (χ4v) is 2.76. The molecule has 4 nitrogen and oxygen atoms in total. The molecule has 1 aromatic heterocycles. The number of amides is 1. The Morgan fingerprint density at radius 1 is 1.22 bits per heavy atom. The van der Waals surface area contributed by atoms with Gasteiger partial charge in [-0.15, -0.1) is 0 Å². The molecule has 2 fully saturated rings. The Morgan fingerprint density at radius 2 is 1.94 bits per heavy atom. The van der Waals surface area contributed by atoms with Crippen LogP contribution >= 0.6 is 15.9 Å². The van der Waals surface area contributed by atoms with Crippen molar-refractivity contribution in [3.63, 3.8) is 0 Å². The summed E-state index contributed by atoms with van der Waals surface area (Å²) < 4.78 is 0.713. The Labute approximate surface area is 115 Å². The summed E-state index contributed by atoms with van der Waals surface area (Å²) in [6, 6.07) is 6.26. The van der Waals surface area contributed by atoms with E-state index in [0.29, 0.717) is 10.3 Å². The Morgan fingerprint density at radius 3 is 2.56 bits per heavy atom. The van der Waals surface area contributed by atoms with Crippen LogP contribution in [-0.2, 0) is 0 Å². The molecule has 0 atom stereocenters. The lowest BCUT2D eigenvalue weighted by molar-refractivity contribution is 0.0621. The zero-order valence-electron chi connectivity index (χ0n) is 10.2. The van der Waals surface area contributed by atoms with E-state index in [-0.39, 0.29) is 5.91 Å². The first-order valence-corrected chi connectivity index (χ1v) is 7.19. The van der Waals surface area contributed by atoms with Crippen LogP contribution in [0.25, 0.3) is 0 Å². The van der Waals surface area contributed by atoms with Crippen LogP contribution in [0, 0.1) is 0 Å². The lowest BCUT2D eigenvalue weighted by Crippen LogP contribution is -2.49. The van der Waals surface area contributed by atoms with Crippen LogP contribution in [0.5, 0.6) is 0 Å². The lowest BCUT2D eigenvalue weighted by atomic mass is 10.2. The fourth-order valence-electron chi connectivity index (χ4n) is 2.42. The molecule has 1 saturated heterocycles. The second-order valence-corrected chi connectivity index (χ2v) is 5.72. The summed E-state index contributed by atoms with van der Waals surface area (Å²) in [5, 5.41) is 0. The smallest absolute Gasteiger partial charge is 0.272 e. The summed E-state index contributed by atoms with van der Waals surface area (Å²) in [6.45, 7) is 3.65. The number of aromatic nitrogens is 1. The number of hydrogen-bond acceptors (Lipinski definition) is 3. The lowest BCUT2D eigenvalue weighted by Gasteiger charge is -2.34. The van der Waals surface area contributed by atoms with Gasteiger partial charge in [0.2, 0.25) is 0 Å². The summed E-state index contributed by atoms with van der Waals surface area (Å²) in [7, 11) is 0. The quantitative estimate of drug-likeness (QED) is 0.781. The number of piperazine rings is 1. The zero-order valence-corrected chi connectivity index (χ0v) is 11.8. The van der Waals surface area contributed by atoms with Crippen LogP contribution < -0.4 is 0 Å². The maximum Gasteiger partial charge on any atom is 0.272 e. The maximum absolute atomic E-state index is 12.3. The summed E-state index contributed by atoms with van der Waals surface area (Å²) in [5.41, 5.74) is 0.532. The fraction of sp³-hybridized carbons (Fsp3) is 0.538. The van der Waals surface area contributed by atoms with Crippen molar-refractivity contribution in [1.82, 2.24) is 14.8 Å². The van der Waals surface area contributed by atoms with Crippen molar-refractivity contribution in [2.45, 2.75) is 18.9 Å². The van der Waals surface area contributed by atoms with E-state index < -0.39 is 0 Å². The predicted octanol–water partition coefficient (Wildman–Crippen LogP) is 1.76. The number of pyridine rings is 1.